The van der Waals surface area contributed by atoms with Gasteiger partial charge in [-0.1, -0.05) is 30.3 Å². The number of carboxylic acids is 1. The number of hydrogen-bond acceptors (Lipinski definition) is 3. The fourth-order valence-electron chi connectivity index (χ4n) is 1.77. The van der Waals surface area contributed by atoms with Crippen LogP contribution >= 0.6 is 11.8 Å². The Labute approximate surface area is 116 Å². The second-order valence-corrected chi connectivity index (χ2v) is 5.50. The molecular formula is C14H16N2O2S. The second-order valence-electron chi connectivity index (χ2n) is 4.31. The molecule has 1 aromatic heterocycles. The van der Waals surface area contributed by atoms with Gasteiger partial charge in [0.05, 0.1) is 5.69 Å². The Morgan fingerprint density at radius 3 is 2.68 bits per heavy atom. The summed E-state index contributed by atoms with van der Waals surface area (Å²) in [7, 11) is 1.85. The number of hydrogen-bond donors (Lipinski definition) is 1. The fraction of sp³-hybridized carbons (Fsp3) is 0.286. The van der Waals surface area contributed by atoms with E-state index in [1.807, 2.05) is 49.6 Å². The number of carboxylic acid groups (broad SMARTS) is 1. The van der Waals surface area contributed by atoms with Crippen LogP contribution in [0.25, 0.3) is 0 Å². The van der Waals surface area contributed by atoms with Crippen LogP contribution in [0.15, 0.2) is 42.6 Å². The summed E-state index contributed by atoms with van der Waals surface area (Å²) in [6.07, 6.45) is 2.40. The maximum atomic E-state index is 11.3. The van der Waals surface area contributed by atoms with Gasteiger partial charge < -0.3 is 5.11 Å². The van der Waals surface area contributed by atoms with E-state index in [1.165, 1.54) is 11.8 Å². The first-order chi connectivity index (χ1) is 9.15. The lowest BCUT2D eigenvalue weighted by molar-refractivity contribution is -0.136. The number of benzene rings is 1. The molecule has 0 radical (unpaired) electrons. The summed E-state index contributed by atoms with van der Waals surface area (Å²) in [5.74, 6) is -0.158. The number of aliphatic carboxylic acids is 1. The van der Waals surface area contributed by atoms with Crippen molar-refractivity contribution in [2.45, 2.75) is 17.4 Å². The minimum atomic E-state index is -0.773. The smallest absolute Gasteiger partial charge is 0.316 e. The molecule has 0 bridgehead atoms. The van der Waals surface area contributed by atoms with Crippen molar-refractivity contribution in [3.8, 4) is 0 Å². The highest BCUT2D eigenvalue weighted by atomic mass is 32.2. The molecular weight excluding hydrogens is 260 g/mol. The predicted octanol–water partition coefficient (Wildman–Crippen LogP) is 2.35. The number of rotatable bonds is 6. The number of nitrogens with zero attached hydrogens (tertiary/aromatic N) is 2. The highest BCUT2D eigenvalue weighted by Crippen LogP contribution is 2.20. The van der Waals surface area contributed by atoms with Crippen molar-refractivity contribution in [2.24, 2.45) is 7.05 Å². The van der Waals surface area contributed by atoms with Crippen LogP contribution < -0.4 is 0 Å². The molecule has 0 amide bonds. The van der Waals surface area contributed by atoms with Crippen LogP contribution in [0, 0.1) is 0 Å². The summed E-state index contributed by atoms with van der Waals surface area (Å²) in [6.45, 7) is 0. The third-order valence-electron chi connectivity index (χ3n) is 2.74. The molecule has 2 aromatic rings. The molecule has 1 aromatic carbocycles. The van der Waals surface area contributed by atoms with Gasteiger partial charge in [0, 0.05) is 19.0 Å². The number of carbonyl (C=O) groups is 1. The lowest BCUT2D eigenvalue weighted by atomic mass is 10.1. The van der Waals surface area contributed by atoms with Crippen molar-refractivity contribution in [3.05, 3.63) is 53.9 Å². The van der Waals surface area contributed by atoms with E-state index >= 15 is 0 Å². The van der Waals surface area contributed by atoms with Gasteiger partial charge in [0.25, 0.3) is 0 Å². The van der Waals surface area contributed by atoms with Gasteiger partial charge in [0.15, 0.2) is 0 Å². The van der Waals surface area contributed by atoms with Crippen molar-refractivity contribution in [1.29, 1.82) is 0 Å². The van der Waals surface area contributed by atoms with E-state index in [4.69, 9.17) is 0 Å². The summed E-state index contributed by atoms with van der Waals surface area (Å²) >= 11 is 1.42. The molecule has 19 heavy (non-hydrogen) atoms. The SMILES string of the molecule is Cn1ccc(CSC(Cc2ccccc2)C(=O)O)n1. The van der Waals surface area contributed by atoms with Gasteiger partial charge in [-0.2, -0.15) is 5.10 Å². The summed E-state index contributed by atoms with van der Waals surface area (Å²) in [5, 5.41) is 13.1. The summed E-state index contributed by atoms with van der Waals surface area (Å²) in [4.78, 5) is 11.3. The minimum Gasteiger partial charge on any atom is -0.480 e. The van der Waals surface area contributed by atoms with Crippen LogP contribution in [0.1, 0.15) is 11.3 Å². The van der Waals surface area contributed by atoms with Crippen LogP contribution in [-0.2, 0) is 24.0 Å². The molecule has 100 valence electrons. The topological polar surface area (TPSA) is 55.1 Å². The average molecular weight is 276 g/mol. The van der Waals surface area contributed by atoms with E-state index in [9.17, 15) is 9.90 Å². The molecule has 0 fully saturated rings. The first kappa shape index (κ1) is 13.7. The van der Waals surface area contributed by atoms with E-state index in [-0.39, 0.29) is 0 Å². The van der Waals surface area contributed by atoms with Crippen molar-refractivity contribution in [1.82, 2.24) is 9.78 Å². The molecule has 2 rings (SSSR count). The molecule has 0 saturated heterocycles. The fourth-order valence-corrected chi connectivity index (χ4v) is 2.75. The van der Waals surface area contributed by atoms with Crippen LogP contribution in [-0.4, -0.2) is 26.1 Å². The monoisotopic (exact) mass is 276 g/mol. The zero-order chi connectivity index (χ0) is 13.7. The van der Waals surface area contributed by atoms with Gasteiger partial charge in [-0.05, 0) is 18.1 Å². The normalized spacial score (nSPS) is 12.3. The standard InChI is InChI=1S/C14H16N2O2S/c1-16-8-7-12(15-16)10-19-13(14(17)18)9-11-5-3-2-4-6-11/h2-8,13H,9-10H2,1H3,(H,17,18). The molecule has 4 nitrogen and oxygen atoms in total. The molecule has 0 saturated carbocycles. The van der Waals surface area contributed by atoms with E-state index < -0.39 is 11.2 Å². The molecule has 0 aliphatic rings. The second kappa shape index (κ2) is 6.43. The molecule has 1 N–H and O–H groups in total. The zero-order valence-electron chi connectivity index (χ0n) is 10.7. The summed E-state index contributed by atoms with van der Waals surface area (Å²) in [6, 6.07) is 11.6. The lowest BCUT2D eigenvalue weighted by Gasteiger charge is -2.11. The van der Waals surface area contributed by atoms with Gasteiger partial charge in [0.2, 0.25) is 0 Å². The Balaban J connectivity index is 1.95. The molecule has 1 unspecified atom stereocenters. The number of thioether (sulfide) groups is 1. The average Bonchev–Trinajstić information content (AvgIpc) is 2.81. The van der Waals surface area contributed by atoms with Gasteiger partial charge >= 0.3 is 5.97 Å². The van der Waals surface area contributed by atoms with Crippen molar-refractivity contribution in [2.75, 3.05) is 0 Å². The van der Waals surface area contributed by atoms with Crippen LogP contribution in [0.3, 0.4) is 0 Å². The Morgan fingerprint density at radius 2 is 2.11 bits per heavy atom. The van der Waals surface area contributed by atoms with Gasteiger partial charge in [-0.15, -0.1) is 11.8 Å². The molecule has 1 heterocycles. The zero-order valence-corrected chi connectivity index (χ0v) is 11.5. The first-order valence-corrected chi connectivity index (χ1v) is 7.07. The lowest BCUT2D eigenvalue weighted by Crippen LogP contribution is -2.19. The quantitative estimate of drug-likeness (QED) is 0.880. The Bertz CT molecular complexity index is 539. The van der Waals surface area contributed by atoms with Crippen LogP contribution in [0.4, 0.5) is 0 Å². The third kappa shape index (κ3) is 4.13. The molecule has 0 aliphatic carbocycles. The Morgan fingerprint density at radius 1 is 1.37 bits per heavy atom. The van der Waals surface area contributed by atoms with Gasteiger partial charge in [0.1, 0.15) is 5.25 Å². The highest BCUT2D eigenvalue weighted by Gasteiger charge is 2.18. The van der Waals surface area contributed by atoms with Crippen LogP contribution in [0.2, 0.25) is 0 Å². The minimum absolute atomic E-state index is 0.440. The molecule has 0 aliphatic heterocycles. The number of aryl methyl sites for hydroxylation is 1. The summed E-state index contributed by atoms with van der Waals surface area (Å²) < 4.78 is 1.73. The first-order valence-electron chi connectivity index (χ1n) is 6.02. The molecule has 0 spiro atoms. The molecule has 1 atom stereocenters. The van der Waals surface area contributed by atoms with Gasteiger partial charge in [-0.25, -0.2) is 0 Å². The van der Waals surface area contributed by atoms with E-state index in [1.54, 1.807) is 4.68 Å². The maximum absolute atomic E-state index is 11.3. The molecule has 5 heteroatoms. The Hall–Kier alpha value is -1.75. The predicted molar refractivity (Wildman–Crippen MR) is 76.1 cm³/mol. The van der Waals surface area contributed by atoms with Crippen molar-refractivity contribution >= 4 is 17.7 Å². The van der Waals surface area contributed by atoms with Gasteiger partial charge in [-0.3, -0.25) is 9.48 Å². The third-order valence-corrected chi connectivity index (χ3v) is 3.97. The van der Waals surface area contributed by atoms with Crippen LogP contribution in [0.5, 0.6) is 0 Å². The maximum Gasteiger partial charge on any atom is 0.316 e. The van der Waals surface area contributed by atoms with E-state index in [2.05, 4.69) is 5.10 Å². The summed E-state index contributed by atoms with van der Waals surface area (Å²) in [5.41, 5.74) is 1.95. The van der Waals surface area contributed by atoms with Crippen molar-refractivity contribution < 1.29 is 9.90 Å². The number of aromatic nitrogens is 2. The largest absolute Gasteiger partial charge is 0.480 e. The van der Waals surface area contributed by atoms with E-state index in [0.717, 1.165) is 11.3 Å². The van der Waals surface area contributed by atoms with E-state index in [0.29, 0.717) is 12.2 Å². The highest BCUT2D eigenvalue weighted by molar-refractivity contribution is 7.99. The van der Waals surface area contributed by atoms with Crippen molar-refractivity contribution in [3.63, 3.8) is 0 Å². The Kier molecular flexibility index (Phi) is 4.63.